The Balaban J connectivity index is 1.57. The molecule has 0 bridgehead atoms. The molecule has 0 radical (unpaired) electrons. The van der Waals surface area contributed by atoms with Gasteiger partial charge in [-0.2, -0.15) is 0 Å². The maximum atomic E-state index is 12.0. The van der Waals surface area contributed by atoms with Gasteiger partial charge in [-0.25, -0.2) is 0 Å². The van der Waals surface area contributed by atoms with Crippen LogP contribution in [-0.4, -0.2) is 87.2 Å². The highest BCUT2D eigenvalue weighted by atomic mass is 16.5. The summed E-state index contributed by atoms with van der Waals surface area (Å²) in [5, 5.41) is 5.42. The van der Waals surface area contributed by atoms with Crippen molar-refractivity contribution in [1.29, 1.82) is 0 Å². The van der Waals surface area contributed by atoms with Crippen molar-refractivity contribution >= 4 is 11.8 Å². The summed E-state index contributed by atoms with van der Waals surface area (Å²) in [5.41, 5.74) is 0. The van der Waals surface area contributed by atoms with Crippen LogP contribution in [0.4, 0.5) is 0 Å². The molecule has 2 amide bonds. The van der Waals surface area contributed by atoms with Crippen molar-refractivity contribution in [1.82, 2.24) is 20.4 Å². The van der Waals surface area contributed by atoms with Gasteiger partial charge < -0.3 is 20.1 Å². The number of rotatable bonds is 10. The first-order valence-corrected chi connectivity index (χ1v) is 9.74. The third kappa shape index (κ3) is 8.14. The van der Waals surface area contributed by atoms with Crippen molar-refractivity contribution in [2.24, 2.45) is 0 Å². The number of nitrogens with one attached hydrogen (secondary N) is 2. The molecule has 8 nitrogen and oxygen atoms in total. The fourth-order valence-corrected chi connectivity index (χ4v) is 2.95. The zero-order valence-corrected chi connectivity index (χ0v) is 17.1. The van der Waals surface area contributed by atoms with Crippen LogP contribution in [0.1, 0.15) is 13.8 Å². The Kier molecular flexibility index (Phi) is 9.03. The van der Waals surface area contributed by atoms with Crippen molar-refractivity contribution in [2.75, 3.05) is 59.5 Å². The molecule has 0 aliphatic carbocycles. The standard InChI is InChI=1S/C20H32N4O4/c1-16(2)22-19(25)14-21-20(26)15-24-10-8-23(9-11-24)12-13-28-18-6-4-17(27-3)5-7-18/h4-7,16H,8-15H2,1-3H3,(H,21,26)(H,22,25). The second-order valence-corrected chi connectivity index (χ2v) is 7.14. The molecule has 1 aromatic rings. The van der Waals surface area contributed by atoms with E-state index in [-0.39, 0.29) is 24.4 Å². The summed E-state index contributed by atoms with van der Waals surface area (Å²) in [6.07, 6.45) is 0. The van der Waals surface area contributed by atoms with Crippen LogP contribution in [-0.2, 0) is 9.59 Å². The van der Waals surface area contributed by atoms with Gasteiger partial charge in [-0.3, -0.25) is 19.4 Å². The molecule has 0 unspecified atom stereocenters. The molecule has 0 spiro atoms. The number of nitrogens with zero attached hydrogens (tertiary/aromatic N) is 2. The first-order valence-electron chi connectivity index (χ1n) is 9.74. The van der Waals surface area contributed by atoms with E-state index >= 15 is 0 Å². The molecular formula is C20H32N4O4. The molecular weight excluding hydrogens is 360 g/mol. The van der Waals surface area contributed by atoms with Gasteiger partial charge in [0.15, 0.2) is 0 Å². The van der Waals surface area contributed by atoms with E-state index in [1.54, 1.807) is 7.11 Å². The zero-order chi connectivity index (χ0) is 20.4. The summed E-state index contributed by atoms with van der Waals surface area (Å²) in [7, 11) is 1.64. The molecule has 28 heavy (non-hydrogen) atoms. The van der Waals surface area contributed by atoms with Crippen LogP contribution in [0.2, 0.25) is 0 Å². The highest BCUT2D eigenvalue weighted by Crippen LogP contribution is 2.16. The summed E-state index contributed by atoms with van der Waals surface area (Å²) in [6.45, 7) is 9.05. The quantitative estimate of drug-likeness (QED) is 0.597. The van der Waals surface area contributed by atoms with E-state index in [4.69, 9.17) is 9.47 Å². The second-order valence-electron chi connectivity index (χ2n) is 7.14. The Morgan fingerprint density at radius 3 is 2.21 bits per heavy atom. The number of hydrogen-bond donors (Lipinski definition) is 2. The number of ether oxygens (including phenoxy) is 2. The van der Waals surface area contributed by atoms with Gasteiger partial charge in [0.25, 0.3) is 0 Å². The van der Waals surface area contributed by atoms with E-state index in [0.717, 1.165) is 44.2 Å². The number of hydrogen-bond acceptors (Lipinski definition) is 6. The number of piperazine rings is 1. The summed E-state index contributed by atoms with van der Waals surface area (Å²) in [6, 6.07) is 7.64. The molecule has 1 aliphatic rings. The van der Waals surface area contributed by atoms with Crippen molar-refractivity contribution in [3.05, 3.63) is 24.3 Å². The molecule has 0 atom stereocenters. The third-order valence-corrected chi connectivity index (χ3v) is 4.46. The van der Waals surface area contributed by atoms with E-state index in [0.29, 0.717) is 13.2 Å². The minimum atomic E-state index is -0.162. The number of methoxy groups -OCH3 is 1. The molecule has 0 saturated carbocycles. The molecule has 1 saturated heterocycles. The monoisotopic (exact) mass is 392 g/mol. The highest BCUT2D eigenvalue weighted by molar-refractivity contribution is 5.85. The summed E-state index contributed by atoms with van der Waals surface area (Å²) >= 11 is 0. The van der Waals surface area contributed by atoms with Gasteiger partial charge in [0.1, 0.15) is 18.1 Å². The highest BCUT2D eigenvalue weighted by Gasteiger charge is 2.19. The number of amides is 2. The van der Waals surface area contributed by atoms with Crippen molar-refractivity contribution < 1.29 is 19.1 Å². The Labute approximate surface area is 167 Å². The zero-order valence-electron chi connectivity index (χ0n) is 17.1. The molecule has 156 valence electrons. The lowest BCUT2D eigenvalue weighted by atomic mass is 10.3. The van der Waals surface area contributed by atoms with Gasteiger partial charge in [0.2, 0.25) is 11.8 Å². The lowest BCUT2D eigenvalue weighted by molar-refractivity contribution is -0.127. The van der Waals surface area contributed by atoms with E-state index in [2.05, 4.69) is 20.4 Å². The molecule has 1 aliphatic heterocycles. The van der Waals surface area contributed by atoms with Crippen LogP contribution < -0.4 is 20.1 Å². The maximum absolute atomic E-state index is 12.0. The molecule has 2 N–H and O–H groups in total. The van der Waals surface area contributed by atoms with Crippen LogP contribution in [0.3, 0.4) is 0 Å². The minimum absolute atomic E-state index is 0.0275. The summed E-state index contributed by atoms with van der Waals surface area (Å²) < 4.78 is 10.9. The van der Waals surface area contributed by atoms with Gasteiger partial charge in [0, 0.05) is 38.8 Å². The smallest absolute Gasteiger partial charge is 0.239 e. The lowest BCUT2D eigenvalue weighted by Crippen LogP contribution is -2.51. The van der Waals surface area contributed by atoms with Crippen LogP contribution in [0.15, 0.2) is 24.3 Å². The maximum Gasteiger partial charge on any atom is 0.239 e. The number of carbonyl (C=O) groups excluding carboxylic acids is 2. The molecule has 1 heterocycles. The van der Waals surface area contributed by atoms with E-state index in [1.807, 2.05) is 38.1 Å². The van der Waals surface area contributed by atoms with Crippen molar-refractivity contribution in [2.45, 2.75) is 19.9 Å². The summed E-state index contributed by atoms with van der Waals surface area (Å²) in [4.78, 5) is 28.0. The van der Waals surface area contributed by atoms with E-state index < -0.39 is 0 Å². The fourth-order valence-electron chi connectivity index (χ4n) is 2.95. The van der Waals surface area contributed by atoms with Crippen LogP contribution in [0.25, 0.3) is 0 Å². The molecule has 0 aromatic heterocycles. The minimum Gasteiger partial charge on any atom is -0.497 e. The number of carbonyl (C=O) groups is 2. The van der Waals surface area contributed by atoms with Crippen molar-refractivity contribution in [3.8, 4) is 11.5 Å². The van der Waals surface area contributed by atoms with Gasteiger partial charge in [-0.15, -0.1) is 0 Å². The molecule has 2 rings (SSSR count). The molecule has 8 heteroatoms. The van der Waals surface area contributed by atoms with E-state index in [9.17, 15) is 9.59 Å². The van der Waals surface area contributed by atoms with Gasteiger partial charge in [-0.05, 0) is 38.1 Å². The van der Waals surface area contributed by atoms with Gasteiger partial charge in [0.05, 0.1) is 20.2 Å². The summed E-state index contributed by atoms with van der Waals surface area (Å²) in [5.74, 6) is 1.37. The SMILES string of the molecule is COc1ccc(OCCN2CCN(CC(=O)NCC(=O)NC(C)C)CC2)cc1. The predicted molar refractivity (Wildman–Crippen MR) is 108 cm³/mol. The topological polar surface area (TPSA) is 83.1 Å². The Hall–Kier alpha value is -2.32. The Morgan fingerprint density at radius 1 is 1.00 bits per heavy atom. The predicted octanol–water partition coefficient (Wildman–Crippen LogP) is 0.332. The average Bonchev–Trinajstić information content (AvgIpc) is 2.68. The lowest BCUT2D eigenvalue weighted by Gasteiger charge is -2.34. The van der Waals surface area contributed by atoms with Crippen molar-refractivity contribution in [3.63, 3.8) is 0 Å². The Morgan fingerprint density at radius 2 is 1.61 bits per heavy atom. The molecule has 1 fully saturated rings. The second kappa shape index (κ2) is 11.5. The van der Waals surface area contributed by atoms with Crippen LogP contribution >= 0.6 is 0 Å². The first kappa shape index (κ1) is 22.0. The normalized spacial score (nSPS) is 15.3. The van der Waals surface area contributed by atoms with Gasteiger partial charge >= 0.3 is 0 Å². The Bertz CT molecular complexity index is 613. The fraction of sp³-hybridized carbons (Fsp3) is 0.600. The third-order valence-electron chi connectivity index (χ3n) is 4.46. The first-order chi connectivity index (χ1) is 13.5. The van der Waals surface area contributed by atoms with Gasteiger partial charge in [-0.1, -0.05) is 0 Å². The van der Waals surface area contributed by atoms with Crippen LogP contribution in [0, 0.1) is 0 Å². The largest absolute Gasteiger partial charge is 0.497 e. The number of benzene rings is 1. The molecule has 1 aromatic carbocycles. The average molecular weight is 393 g/mol. The van der Waals surface area contributed by atoms with Crippen LogP contribution in [0.5, 0.6) is 11.5 Å². The van der Waals surface area contributed by atoms with E-state index in [1.165, 1.54) is 0 Å².